The highest BCUT2D eigenvalue weighted by molar-refractivity contribution is 5.31. The first-order valence-corrected chi connectivity index (χ1v) is 7.47. The molecule has 1 fully saturated rings. The third kappa shape index (κ3) is 3.72. The van der Waals surface area contributed by atoms with Gasteiger partial charge in [0.25, 0.3) is 0 Å². The number of hydrogen-bond donors (Lipinski definition) is 2. The lowest BCUT2D eigenvalue weighted by atomic mass is 10.1. The number of aliphatic hydroxyl groups excluding tert-OH is 1. The maximum atomic E-state index is 9.87. The molecule has 4 nitrogen and oxygen atoms in total. The molecule has 112 valence electrons. The van der Waals surface area contributed by atoms with Crippen molar-refractivity contribution >= 4 is 0 Å². The van der Waals surface area contributed by atoms with E-state index in [1.165, 1.54) is 0 Å². The van der Waals surface area contributed by atoms with Crippen molar-refractivity contribution in [2.75, 3.05) is 26.2 Å². The van der Waals surface area contributed by atoms with Gasteiger partial charge in [0.2, 0.25) is 0 Å². The number of benzene rings is 1. The molecule has 1 aliphatic heterocycles. The van der Waals surface area contributed by atoms with Gasteiger partial charge >= 0.3 is 0 Å². The molecule has 0 spiro atoms. The van der Waals surface area contributed by atoms with Crippen molar-refractivity contribution in [2.45, 2.75) is 38.9 Å². The largest absolute Gasteiger partial charge is 0.508 e. The highest BCUT2D eigenvalue weighted by Gasteiger charge is 2.28. The van der Waals surface area contributed by atoms with Crippen LogP contribution in [0.4, 0.5) is 0 Å². The topological polar surface area (TPSA) is 46.9 Å². The Hall–Kier alpha value is -1.10. The second-order valence-corrected chi connectivity index (χ2v) is 5.86. The van der Waals surface area contributed by atoms with Crippen molar-refractivity contribution < 1.29 is 10.2 Å². The molecule has 1 aromatic rings. The summed E-state index contributed by atoms with van der Waals surface area (Å²) in [6.07, 6.45) is 0.815. The normalized spacial score (nSPS) is 21.5. The van der Waals surface area contributed by atoms with Gasteiger partial charge in [0.1, 0.15) is 5.75 Å². The van der Waals surface area contributed by atoms with Crippen LogP contribution >= 0.6 is 0 Å². The standard InChI is InChI=1S/C16H26N2O2/c1-13(2)18-9-8-17(12-15(18)7-10-19)11-14-5-3-4-6-16(14)20/h3-6,13,15,19-20H,7-12H2,1-2H3. The van der Waals surface area contributed by atoms with Crippen molar-refractivity contribution in [1.82, 2.24) is 9.80 Å². The van der Waals surface area contributed by atoms with E-state index in [0.29, 0.717) is 17.8 Å². The summed E-state index contributed by atoms with van der Waals surface area (Å²) in [6, 6.07) is 8.45. The van der Waals surface area contributed by atoms with Crippen molar-refractivity contribution in [3.05, 3.63) is 29.8 Å². The molecule has 1 heterocycles. The van der Waals surface area contributed by atoms with Gasteiger partial charge < -0.3 is 10.2 Å². The molecular weight excluding hydrogens is 252 g/mol. The predicted octanol–water partition coefficient (Wildman–Crippen LogP) is 1.67. The lowest BCUT2D eigenvalue weighted by molar-refractivity contribution is 0.0346. The predicted molar refractivity (Wildman–Crippen MR) is 80.7 cm³/mol. The molecule has 0 radical (unpaired) electrons. The third-order valence-corrected chi connectivity index (χ3v) is 4.12. The van der Waals surface area contributed by atoms with Gasteiger partial charge in [-0.05, 0) is 26.3 Å². The van der Waals surface area contributed by atoms with E-state index in [1.54, 1.807) is 6.07 Å². The van der Waals surface area contributed by atoms with E-state index in [4.69, 9.17) is 0 Å². The molecule has 0 bridgehead atoms. The minimum absolute atomic E-state index is 0.234. The zero-order valence-corrected chi connectivity index (χ0v) is 12.5. The number of hydrogen-bond acceptors (Lipinski definition) is 4. The average Bonchev–Trinajstić information content (AvgIpc) is 2.42. The Kier molecular flexibility index (Phi) is 5.40. The molecule has 1 saturated heterocycles. The van der Waals surface area contributed by atoms with Crippen molar-refractivity contribution in [3.8, 4) is 5.75 Å². The summed E-state index contributed by atoms with van der Waals surface area (Å²) in [5.74, 6) is 0.373. The van der Waals surface area contributed by atoms with E-state index in [2.05, 4.69) is 23.6 Å². The Morgan fingerprint density at radius 1 is 1.25 bits per heavy atom. The molecule has 0 aromatic heterocycles. The summed E-state index contributed by atoms with van der Waals surface area (Å²) in [5.41, 5.74) is 0.980. The number of piperazine rings is 1. The van der Waals surface area contributed by atoms with Crippen molar-refractivity contribution in [1.29, 1.82) is 0 Å². The van der Waals surface area contributed by atoms with E-state index in [0.717, 1.165) is 38.2 Å². The maximum Gasteiger partial charge on any atom is 0.120 e. The van der Waals surface area contributed by atoms with Gasteiger partial charge in [-0.3, -0.25) is 9.80 Å². The third-order valence-electron chi connectivity index (χ3n) is 4.12. The van der Waals surface area contributed by atoms with E-state index in [1.807, 2.05) is 18.2 Å². The summed E-state index contributed by atoms with van der Waals surface area (Å²) in [4.78, 5) is 4.84. The molecular formula is C16H26N2O2. The molecule has 2 rings (SSSR count). The summed E-state index contributed by atoms with van der Waals surface area (Å²) >= 11 is 0. The van der Waals surface area contributed by atoms with Crippen LogP contribution in [-0.4, -0.2) is 58.3 Å². The van der Waals surface area contributed by atoms with Crippen LogP contribution in [0.15, 0.2) is 24.3 Å². The zero-order valence-electron chi connectivity index (χ0n) is 12.5. The molecule has 1 aliphatic rings. The number of phenolic OH excluding ortho intramolecular Hbond substituents is 1. The summed E-state index contributed by atoms with van der Waals surface area (Å²) in [7, 11) is 0. The minimum atomic E-state index is 0.234. The van der Waals surface area contributed by atoms with Crippen LogP contribution in [0.1, 0.15) is 25.8 Å². The average molecular weight is 278 g/mol. The smallest absolute Gasteiger partial charge is 0.120 e. The van der Waals surface area contributed by atoms with Crippen molar-refractivity contribution in [2.24, 2.45) is 0 Å². The molecule has 0 amide bonds. The molecule has 1 atom stereocenters. The molecule has 1 aromatic carbocycles. The maximum absolute atomic E-state index is 9.87. The Morgan fingerprint density at radius 3 is 2.65 bits per heavy atom. The van der Waals surface area contributed by atoms with Crippen LogP contribution < -0.4 is 0 Å². The lowest BCUT2D eigenvalue weighted by Crippen LogP contribution is -2.55. The fraction of sp³-hybridized carbons (Fsp3) is 0.625. The van der Waals surface area contributed by atoms with Gasteiger partial charge in [0.05, 0.1) is 0 Å². The van der Waals surface area contributed by atoms with E-state index >= 15 is 0 Å². The Bertz CT molecular complexity index is 423. The first kappa shape index (κ1) is 15.3. The zero-order chi connectivity index (χ0) is 14.5. The Balaban J connectivity index is 1.99. The quantitative estimate of drug-likeness (QED) is 0.860. The fourth-order valence-corrected chi connectivity index (χ4v) is 3.05. The number of para-hydroxylation sites is 1. The van der Waals surface area contributed by atoms with Crippen LogP contribution in [0.3, 0.4) is 0 Å². The van der Waals surface area contributed by atoms with Crippen LogP contribution in [0.2, 0.25) is 0 Å². The van der Waals surface area contributed by atoms with Gasteiger partial charge in [-0.2, -0.15) is 0 Å². The molecule has 0 aliphatic carbocycles. The first-order valence-electron chi connectivity index (χ1n) is 7.47. The summed E-state index contributed by atoms with van der Waals surface area (Å²) < 4.78 is 0. The number of nitrogens with zero attached hydrogens (tertiary/aromatic N) is 2. The number of phenols is 1. The van der Waals surface area contributed by atoms with Gasteiger partial charge in [-0.25, -0.2) is 0 Å². The van der Waals surface area contributed by atoms with E-state index in [9.17, 15) is 10.2 Å². The monoisotopic (exact) mass is 278 g/mol. The number of aromatic hydroxyl groups is 1. The molecule has 20 heavy (non-hydrogen) atoms. The highest BCUT2D eigenvalue weighted by atomic mass is 16.3. The van der Waals surface area contributed by atoms with Crippen LogP contribution in [-0.2, 0) is 6.54 Å². The molecule has 2 N–H and O–H groups in total. The number of aliphatic hydroxyl groups is 1. The van der Waals surface area contributed by atoms with Gasteiger partial charge in [0, 0.05) is 50.4 Å². The molecule has 1 unspecified atom stereocenters. The van der Waals surface area contributed by atoms with E-state index < -0.39 is 0 Å². The molecule has 4 heteroatoms. The molecule has 0 saturated carbocycles. The SMILES string of the molecule is CC(C)N1CCN(Cc2ccccc2O)CC1CCO. The van der Waals surface area contributed by atoms with Gasteiger partial charge in [-0.1, -0.05) is 18.2 Å². The number of rotatable bonds is 5. The summed E-state index contributed by atoms with van der Waals surface area (Å²) in [6.45, 7) is 8.42. The second kappa shape index (κ2) is 7.07. The van der Waals surface area contributed by atoms with Crippen LogP contribution in [0.5, 0.6) is 5.75 Å². The summed E-state index contributed by atoms with van der Waals surface area (Å²) in [5, 5.41) is 19.1. The van der Waals surface area contributed by atoms with Crippen LogP contribution in [0, 0.1) is 0 Å². The van der Waals surface area contributed by atoms with Crippen molar-refractivity contribution in [3.63, 3.8) is 0 Å². The Labute approximate surface area is 121 Å². The minimum Gasteiger partial charge on any atom is -0.508 e. The highest BCUT2D eigenvalue weighted by Crippen LogP contribution is 2.21. The lowest BCUT2D eigenvalue weighted by Gasteiger charge is -2.43. The van der Waals surface area contributed by atoms with Crippen LogP contribution in [0.25, 0.3) is 0 Å². The van der Waals surface area contributed by atoms with E-state index in [-0.39, 0.29) is 6.61 Å². The first-order chi connectivity index (χ1) is 9.61. The second-order valence-electron chi connectivity index (χ2n) is 5.86. The van der Waals surface area contributed by atoms with Gasteiger partial charge in [0.15, 0.2) is 0 Å². The Morgan fingerprint density at radius 2 is 2.00 bits per heavy atom. The fourth-order valence-electron chi connectivity index (χ4n) is 3.05. The van der Waals surface area contributed by atoms with Gasteiger partial charge in [-0.15, -0.1) is 0 Å².